The number of amides is 1. The van der Waals surface area contributed by atoms with Crippen molar-refractivity contribution in [2.75, 3.05) is 59.4 Å². The van der Waals surface area contributed by atoms with Gasteiger partial charge in [0.1, 0.15) is 0 Å². The molecule has 34 heavy (non-hydrogen) atoms. The van der Waals surface area contributed by atoms with Crippen LogP contribution in [0, 0.1) is 0 Å². The molecule has 2 aromatic rings. The number of nitrogens with one attached hydrogen (secondary N) is 1. The van der Waals surface area contributed by atoms with Crippen LogP contribution in [0.15, 0.2) is 41.3 Å². The second-order valence-electron chi connectivity index (χ2n) is 8.03. The predicted molar refractivity (Wildman–Crippen MR) is 131 cm³/mol. The standard InChI is InChI=1S/C25H32N2O6S/c1-31-24(29)7-4-14-34-19-9-8-18-5-3-6-20(21(18)15-19)22(25(30)32-2)16-26-23(28)17-27-10-12-33-13-11-27/h3,5-6,8-9,15,22H,4,7,10-14,16-17H2,1-2H3,(H,26,28). The van der Waals surface area contributed by atoms with Crippen molar-refractivity contribution >= 4 is 40.4 Å². The molecular formula is C25H32N2O6S. The van der Waals surface area contributed by atoms with Crippen LogP contribution >= 0.6 is 11.8 Å². The van der Waals surface area contributed by atoms with Crippen molar-refractivity contribution in [2.24, 2.45) is 0 Å². The largest absolute Gasteiger partial charge is 0.469 e. The van der Waals surface area contributed by atoms with E-state index in [1.807, 2.05) is 35.2 Å². The average molecular weight is 489 g/mol. The van der Waals surface area contributed by atoms with Gasteiger partial charge in [-0.2, -0.15) is 0 Å². The molecule has 1 heterocycles. The summed E-state index contributed by atoms with van der Waals surface area (Å²) in [6.07, 6.45) is 1.11. The first-order chi connectivity index (χ1) is 16.5. The second kappa shape index (κ2) is 13.3. The molecule has 2 aromatic carbocycles. The van der Waals surface area contributed by atoms with Crippen LogP contribution in [0.2, 0.25) is 0 Å². The van der Waals surface area contributed by atoms with Crippen LogP contribution in [0.4, 0.5) is 0 Å². The first kappa shape index (κ1) is 26.0. The SMILES string of the molecule is COC(=O)CCCSc1ccc2cccc(C(CNC(=O)CN3CCOCC3)C(=O)OC)c2c1. The molecule has 1 atom stereocenters. The zero-order chi connectivity index (χ0) is 24.3. The molecule has 1 aliphatic heterocycles. The zero-order valence-corrected chi connectivity index (χ0v) is 20.5. The van der Waals surface area contributed by atoms with Gasteiger partial charge in [0.25, 0.3) is 0 Å². The van der Waals surface area contributed by atoms with E-state index in [0.29, 0.717) is 19.6 Å². The number of thioether (sulfide) groups is 1. The van der Waals surface area contributed by atoms with Crippen molar-refractivity contribution in [1.29, 1.82) is 0 Å². The Morgan fingerprint density at radius 3 is 2.65 bits per heavy atom. The zero-order valence-electron chi connectivity index (χ0n) is 19.7. The van der Waals surface area contributed by atoms with Gasteiger partial charge in [-0.05, 0) is 40.6 Å². The van der Waals surface area contributed by atoms with Crippen LogP contribution in [0.3, 0.4) is 0 Å². The molecule has 1 unspecified atom stereocenters. The third-order valence-corrected chi connectivity index (χ3v) is 6.82. The number of esters is 2. The van der Waals surface area contributed by atoms with Gasteiger partial charge in [0.05, 0.1) is 39.9 Å². The number of hydrogen-bond donors (Lipinski definition) is 1. The van der Waals surface area contributed by atoms with E-state index >= 15 is 0 Å². The second-order valence-corrected chi connectivity index (χ2v) is 9.20. The van der Waals surface area contributed by atoms with E-state index in [0.717, 1.165) is 46.5 Å². The smallest absolute Gasteiger partial charge is 0.314 e. The van der Waals surface area contributed by atoms with Crippen LogP contribution < -0.4 is 5.32 Å². The summed E-state index contributed by atoms with van der Waals surface area (Å²) in [6, 6.07) is 11.9. The normalized spacial score (nSPS) is 15.0. The fraction of sp³-hybridized carbons (Fsp3) is 0.480. The highest BCUT2D eigenvalue weighted by atomic mass is 32.2. The molecule has 0 radical (unpaired) electrons. The van der Waals surface area contributed by atoms with E-state index < -0.39 is 11.9 Å². The first-order valence-corrected chi connectivity index (χ1v) is 12.4. The van der Waals surface area contributed by atoms with Gasteiger partial charge in [0, 0.05) is 31.0 Å². The fourth-order valence-electron chi connectivity index (χ4n) is 3.87. The summed E-state index contributed by atoms with van der Waals surface area (Å²) < 4.78 is 15.1. The van der Waals surface area contributed by atoms with Crippen molar-refractivity contribution in [2.45, 2.75) is 23.7 Å². The van der Waals surface area contributed by atoms with E-state index in [4.69, 9.17) is 9.47 Å². The summed E-state index contributed by atoms with van der Waals surface area (Å²) in [4.78, 5) is 39.6. The van der Waals surface area contributed by atoms with Crippen molar-refractivity contribution in [3.63, 3.8) is 0 Å². The molecule has 1 saturated heterocycles. The van der Waals surface area contributed by atoms with Gasteiger partial charge in [-0.15, -0.1) is 11.8 Å². The minimum absolute atomic E-state index is 0.127. The predicted octanol–water partition coefficient (Wildman–Crippen LogP) is 2.59. The van der Waals surface area contributed by atoms with Gasteiger partial charge < -0.3 is 19.5 Å². The van der Waals surface area contributed by atoms with Gasteiger partial charge in [0.2, 0.25) is 5.91 Å². The Bertz CT molecular complexity index is 993. The minimum atomic E-state index is -0.623. The quantitative estimate of drug-likeness (QED) is 0.293. The molecule has 3 rings (SSSR count). The maximum atomic E-state index is 12.7. The van der Waals surface area contributed by atoms with Crippen molar-refractivity contribution in [1.82, 2.24) is 10.2 Å². The minimum Gasteiger partial charge on any atom is -0.469 e. The maximum absolute atomic E-state index is 12.7. The molecule has 0 aliphatic carbocycles. The molecular weight excluding hydrogens is 456 g/mol. The number of carbonyl (C=O) groups excluding carboxylic acids is 3. The van der Waals surface area contributed by atoms with Gasteiger partial charge in [-0.3, -0.25) is 19.3 Å². The molecule has 1 aliphatic rings. The topological polar surface area (TPSA) is 94.2 Å². The number of methoxy groups -OCH3 is 2. The van der Waals surface area contributed by atoms with E-state index in [9.17, 15) is 14.4 Å². The fourth-order valence-corrected chi connectivity index (χ4v) is 4.76. The summed E-state index contributed by atoms with van der Waals surface area (Å²) in [5, 5.41) is 4.86. The first-order valence-electron chi connectivity index (χ1n) is 11.4. The Labute approximate surface area is 204 Å². The Hall–Kier alpha value is -2.62. The molecule has 0 saturated carbocycles. The lowest BCUT2D eigenvalue weighted by molar-refractivity contribution is -0.142. The number of ether oxygens (including phenoxy) is 3. The molecule has 0 bridgehead atoms. The number of morpholine rings is 1. The molecule has 1 N–H and O–H groups in total. The van der Waals surface area contributed by atoms with Crippen LogP contribution in [0.5, 0.6) is 0 Å². The molecule has 0 aromatic heterocycles. The van der Waals surface area contributed by atoms with Gasteiger partial charge >= 0.3 is 11.9 Å². The number of benzene rings is 2. The Kier molecular flexibility index (Phi) is 10.2. The monoisotopic (exact) mass is 488 g/mol. The van der Waals surface area contributed by atoms with Crippen molar-refractivity contribution in [3.8, 4) is 0 Å². The number of carbonyl (C=O) groups is 3. The third-order valence-electron chi connectivity index (χ3n) is 5.74. The molecule has 0 spiro atoms. The van der Waals surface area contributed by atoms with Crippen molar-refractivity contribution < 1.29 is 28.6 Å². The molecule has 9 heteroatoms. The third kappa shape index (κ3) is 7.44. The van der Waals surface area contributed by atoms with E-state index in [1.165, 1.54) is 14.2 Å². The van der Waals surface area contributed by atoms with Gasteiger partial charge in [-0.25, -0.2) is 0 Å². The lowest BCUT2D eigenvalue weighted by Gasteiger charge is -2.26. The van der Waals surface area contributed by atoms with Crippen LogP contribution in [-0.4, -0.2) is 82.1 Å². The number of nitrogens with zero attached hydrogens (tertiary/aromatic N) is 1. The molecule has 184 valence electrons. The number of hydrogen-bond acceptors (Lipinski definition) is 8. The van der Waals surface area contributed by atoms with Crippen LogP contribution in [0.1, 0.15) is 24.3 Å². The van der Waals surface area contributed by atoms with Gasteiger partial charge in [0.15, 0.2) is 0 Å². The summed E-state index contributed by atoms with van der Waals surface area (Å²) >= 11 is 1.65. The summed E-state index contributed by atoms with van der Waals surface area (Å²) in [5.74, 6) is -0.575. The van der Waals surface area contributed by atoms with Crippen LogP contribution in [0.25, 0.3) is 10.8 Å². The Morgan fingerprint density at radius 1 is 1.12 bits per heavy atom. The van der Waals surface area contributed by atoms with E-state index in [2.05, 4.69) is 16.1 Å². The summed E-state index contributed by atoms with van der Waals surface area (Å²) in [6.45, 7) is 3.12. The highest BCUT2D eigenvalue weighted by molar-refractivity contribution is 7.99. The lowest BCUT2D eigenvalue weighted by Crippen LogP contribution is -2.44. The molecule has 1 fully saturated rings. The molecule has 1 amide bonds. The molecule has 8 nitrogen and oxygen atoms in total. The maximum Gasteiger partial charge on any atom is 0.314 e. The number of rotatable bonds is 11. The average Bonchev–Trinajstić information content (AvgIpc) is 2.87. The van der Waals surface area contributed by atoms with Crippen molar-refractivity contribution in [3.05, 3.63) is 42.0 Å². The summed E-state index contributed by atoms with van der Waals surface area (Å²) in [5.41, 5.74) is 0.813. The highest BCUT2D eigenvalue weighted by Gasteiger charge is 2.25. The number of fused-ring (bicyclic) bond motifs is 1. The van der Waals surface area contributed by atoms with Gasteiger partial charge in [-0.1, -0.05) is 24.3 Å². The van der Waals surface area contributed by atoms with Crippen LogP contribution in [-0.2, 0) is 28.6 Å². The Morgan fingerprint density at radius 2 is 1.91 bits per heavy atom. The lowest BCUT2D eigenvalue weighted by atomic mass is 9.93. The summed E-state index contributed by atoms with van der Waals surface area (Å²) in [7, 11) is 2.75. The Balaban J connectivity index is 1.71. The highest BCUT2D eigenvalue weighted by Crippen LogP contribution is 2.31. The van der Waals surface area contributed by atoms with E-state index in [-0.39, 0.29) is 25.0 Å². The van der Waals surface area contributed by atoms with E-state index in [1.54, 1.807) is 11.8 Å².